The molecule has 76 valence electrons. The van der Waals surface area contributed by atoms with E-state index >= 15 is 0 Å². The molecular weight excluding hydrogens is 194 g/mol. The van der Waals surface area contributed by atoms with Gasteiger partial charge in [0.2, 0.25) is 0 Å². The summed E-state index contributed by atoms with van der Waals surface area (Å²) in [6, 6.07) is 0. The van der Waals surface area contributed by atoms with Crippen LogP contribution in [0.1, 0.15) is 17.7 Å². The first-order chi connectivity index (χ1) is 6.68. The second kappa shape index (κ2) is 3.71. The van der Waals surface area contributed by atoms with Crippen LogP contribution in [0.2, 0.25) is 0 Å². The highest BCUT2D eigenvalue weighted by Crippen LogP contribution is 2.31. The summed E-state index contributed by atoms with van der Waals surface area (Å²) in [5.74, 6) is 0. The zero-order valence-corrected chi connectivity index (χ0v) is 9.40. The number of nitrogens with zero attached hydrogens (tertiary/aromatic N) is 2. The lowest BCUT2D eigenvalue weighted by Crippen LogP contribution is -2.23. The van der Waals surface area contributed by atoms with Crippen molar-refractivity contribution in [1.29, 1.82) is 0 Å². The molecule has 0 bridgehead atoms. The number of likely N-dealkylation sites (N-methyl/N-ethyl adjacent to an activating group) is 1. The fraction of sp³-hybridized carbons (Fsp3) is 0.500. The number of nitrogens with two attached hydrogens (primary N) is 1. The van der Waals surface area contributed by atoms with Gasteiger partial charge >= 0.3 is 0 Å². The van der Waals surface area contributed by atoms with Crippen molar-refractivity contribution < 1.29 is 0 Å². The van der Waals surface area contributed by atoms with Crippen LogP contribution >= 0.6 is 11.5 Å². The topological polar surface area (TPSA) is 42.1 Å². The van der Waals surface area contributed by atoms with Crippen molar-refractivity contribution in [2.45, 2.75) is 13.3 Å². The molecule has 1 aliphatic heterocycles. The third-order valence-electron chi connectivity index (χ3n) is 2.62. The van der Waals surface area contributed by atoms with Gasteiger partial charge in [0.25, 0.3) is 0 Å². The van der Waals surface area contributed by atoms with Gasteiger partial charge in [0.15, 0.2) is 0 Å². The largest absolute Gasteiger partial charge is 0.389 e. The first-order valence-electron chi connectivity index (χ1n) is 4.78. The van der Waals surface area contributed by atoms with Crippen LogP contribution < -0.4 is 5.73 Å². The quantitative estimate of drug-likeness (QED) is 0.766. The molecule has 0 radical (unpaired) electrons. The predicted molar refractivity (Wildman–Crippen MR) is 61.4 cm³/mol. The molecule has 1 aliphatic rings. The third-order valence-corrected chi connectivity index (χ3v) is 3.39. The minimum Gasteiger partial charge on any atom is -0.389 e. The maximum absolute atomic E-state index is 5.91. The normalized spacial score (nSPS) is 18.3. The molecule has 0 spiro atoms. The Kier molecular flexibility index (Phi) is 2.56. The number of nitrogen functional groups attached to an aromatic ring is 1. The monoisotopic (exact) mass is 209 g/mol. The van der Waals surface area contributed by atoms with E-state index in [0.717, 1.165) is 30.2 Å². The molecule has 3 nitrogen and oxygen atoms in total. The fourth-order valence-corrected chi connectivity index (χ4v) is 2.47. The SMILES string of the molecule is Cc1nsc(N)c1C1=CCN(C)CC1. The Bertz CT molecular complexity index is 348. The zero-order valence-electron chi connectivity index (χ0n) is 8.58. The Balaban J connectivity index is 2.32. The highest BCUT2D eigenvalue weighted by atomic mass is 32.1. The van der Waals surface area contributed by atoms with E-state index in [1.165, 1.54) is 22.7 Å². The van der Waals surface area contributed by atoms with Gasteiger partial charge in [-0.2, -0.15) is 4.37 Å². The second-order valence-electron chi connectivity index (χ2n) is 3.75. The predicted octanol–water partition coefficient (Wildman–Crippen LogP) is 1.75. The average Bonchev–Trinajstić information content (AvgIpc) is 2.49. The molecule has 0 fully saturated rings. The van der Waals surface area contributed by atoms with Crippen LogP contribution in [0.25, 0.3) is 5.57 Å². The van der Waals surface area contributed by atoms with Gasteiger partial charge < -0.3 is 10.6 Å². The average molecular weight is 209 g/mol. The Hall–Kier alpha value is -0.870. The molecule has 0 aromatic carbocycles. The number of anilines is 1. The lowest BCUT2D eigenvalue weighted by Gasteiger charge is -2.21. The molecular formula is C10H15N3S. The van der Waals surface area contributed by atoms with Gasteiger partial charge in [-0.05, 0) is 37.5 Å². The maximum Gasteiger partial charge on any atom is 0.114 e. The van der Waals surface area contributed by atoms with Gasteiger partial charge in [-0.1, -0.05) is 6.08 Å². The van der Waals surface area contributed by atoms with Crippen molar-refractivity contribution in [3.63, 3.8) is 0 Å². The molecule has 0 saturated carbocycles. The van der Waals surface area contributed by atoms with Crippen molar-refractivity contribution in [1.82, 2.24) is 9.27 Å². The maximum atomic E-state index is 5.91. The van der Waals surface area contributed by atoms with Gasteiger partial charge in [-0.25, -0.2) is 0 Å². The number of hydrogen-bond acceptors (Lipinski definition) is 4. The van der Waals surface area contributed by atoms with Crippen molar-refractivity contribution in [2.24, 2.45) is 0 Å². The molecule has 0 amide bonds. The highest BCUT2D eigenvalue weighted by molar-refractivity contribution is 7.10. The van der Waals surface area contributed by atoms with E-state index in [0.29, 0.717) is 0 Å². The Morgan fingerprint density at radius 3 is 2.86 bits per heavy atom. The summed E-state index contributed by atoms with van der Waals surface area (Å²) in [5.41, 5.74) is 9.53. The molecule has 2 N–H and O–H groups in total. The first kappa shape index (κ1) is 9.68. The number of hydrogen-bond donors (Lipinski definition) is 1. The Morgan fingerprint density at radius 2 is 2.36 bits per heavy atom. The van der Waals surface area contributed by atoms with E-state index in [9.17, 15) is 0 Å². The third kappa shape index (κ3) is 1.67. The van der Waals surface area contributed by atoms with Crippen molar-refractivity contribution in [3.8, 4) is 0 Å². The van der Waals surface area contributed by atoms with Crippen LogP contribution in [0.3, 0.4) is 0 Å². The van der Waals surface area contributed by atoms with Crippen LogP contribution in [0.15, 0.2) is 6.08 Å². The number of aryl methyl sites for hydroxylation is 1. The first-order valence-corrected chi connectivity index (χ1v) is 5.55. The van der Waals surface area contributed by atoms with E-state index < -0.39 is 0 Å². The lowest BCUT2D eigenvalue weighted by atomic mass is 10.00. The Morgan fingerprint density at radius 1 is 1.57 bits per heavy atom. The van der Waals surface area contributed by atoms with Gasteiger partial charge in [0, 0.05) is 18.7 Å². The van der Waals surface area contributed by atoms with Crippen molar-refractivity contribution in [3.05, 3.63) is 17.3 Å². The van der Waals surface area contributed by atoms with Gasteiger partial charge in [-0.3, -0.25) is 0 Å². The van der Waals surface area contributed by atoms with E-state index in [2.05, 4.69) is 22.4 Å². The van der Waals surface area contributed by atoms with Crippen molar-refractivity contribution >= 4 is 22.1 Å². The molecule has 1 aromatic heterocycles. The summed E-state index contributed by atoms with van der Waals surface area (Å²) in [5, 5.41) is 0.860. The minimum atomic E-state index is 0.860. The molecule has 0 saturated heterocycles. The summed E-state index contributed by atoms with van der Waals surface area (Å²) >= 11 is 1.40. The second-order valence-corrected chi connectivity index (χ2v) is 4.55. The van der Waals surface area contributed by atoms with Crippen LogP contribution in [-0.4, -0.2) is 29.4 Å². The minimum absolute atomic E-state index is 0.860. The van der Waals surface area contributed by atoms with E-state index in [1.807, 2.05) is 6.92 Å². The lowest BCUT2D eigenvalue weighted by molar-refractivity contribution is 0.370. The molecule has 4 heteroatoms. The fourth-order valence-electron chi connectivity index (χ4n) is 1.78. The van der Waals surface area contributed by atoms with E-state index in [1.54, 1.807) is 0 Å². The van der Waals surface area contributed by atoms with Crippen LogP contribution in [0.4, 0.5) is 5.00 Å². The summed E-state index contributed by atoms with van der Waals surface area (Å²) in [4.78, 5) is 2.30. The van der Waals surface area contributed by atoms with Crippen LogP contribution in [0, 0.1) is 6.92 Å². The summed E-state index contributed by atoms with van der Waals surface area (Å²) in [7, 11) is 2.13. The molecule has 2 heterocycles. The molecule has 0 unspecified atom stereocenters. The van der Waals surface area contributed by atoms with Crippen molar-refractivity contribution in [2.75, 3.05) is 25.9 Å². The van der Waals surface area contributed by atoms with Gasteiger partial charge in [-0.15, -0.1) is 0 Å². The summed E-state index contributed by atoms with van der Waals surface area (Å²) < 4.78 is 4.27. The smallest absolute Gasteiger partial charge is 0.114 e. The number of rotatable bonds is 1. The number of aromatic nitrogens is 1. The van der Waals surface area contributed by atoms with E-state index in [4.69, 9.17) is 5.73 Å². The molecule has 0 aliphatic carbocycles. The summed E-state index contributed by atoms with van der Waals surface area (Å²) in [6.07, 6.45) is 3.34. The zero-order chi connectivity index (χ0) is 10.1. The molecule has 1 aromatic rings. The van der Waals surface area contributed by atoms with E-state index in [-0.39, 0.29) is 0 Å². The van der Waals surface area contributed by atoms with Gasteiger partial charge in [0.05, 0.1) is 5.69 Å². The highest BCUT2D eigenvalue weighted by Gasteiger charge is 2.15. The summed E-state index contributed by atoms with van der Waals surface area (Å²) in [6.45, 7) is 4.16. The molecule has 2 rings (SSSR count). The van der Waals surface area contributed by atoms with Crippen LogP contribution in [0.5, 0.6) is 0 Å². The molecule has 14 heavy (non-hydrogen) atoms. The molecule has 0 atom stereocenters. The standard InChI is InChI=1S/C10H15N3S/c1-7-9(10(11)14-12-7)8-3-5-13(2)6-4-8/h3H,4-6,11H2,1-2H3. The van der Waals surface area contributed by atoms with Crippen LogP contribution in [-0.2, 0) is 0 Å². The Labute approximate surface area is 88.4 Å². The van der Waals surface area contributed by atoms with Gasteiger partial charge in [0.1, 0.15) is 5.00 Å².